The van der Waals surface area contributed by atoms with E-state index < -0.39 is 5.91 Å². The Morgan fingerprint density at radius 3 is 2.76 bits per heavy atom. The molecule has 0 aliphatic heterocycles. The summed E-state index contributed by atoms with van der Waals surface area (Å²) in [6, 6.07) is 3.44. The Morgan fingerprint density at radius 1 is 1.29 bits per heavy atom. The number of nitrogens with one attached hydrogen (secondary N) is 1. The van der Waals surface area contributed by atoms with E-state index in [0.29, 0.717) is 5.82 Å². The Balaban J connectivity index is 2.14. The number of nitrogens with zero attached hydrogens (tertiary/aromatic N) is 3. The van der Waals surface area contributed by atoms with Gasteiger partial charge in [0.1, 0.15) is 17.3 Å². The maximum absolute atomic E-state index is 11.7. The Labute approximate surface area is 105 Å². The minimum Gasteiger partial charge on any atom is -0.382 e. The molecule has 0 atom stereocenters. The summed E-state index contributed by atoms with van der Waals surface area (Å²) in [5.74, 6) is 0.225. The van der Waals surface area contributed by atoms with Gasteiger partial charge in [0.15, 0.2) is 0 Å². The van der Waals surface area contributed by atoms with Crippen molar-refractivity contribution in [3.8, 4) is 0 Å². The van der Waals surface area contributed by atoms with Gasteiger partial charge >= 0.3 is 0 Å². The van der Waals surface area contributed by atoms with Crippen molar-refractivity contribution < 1.29 is 4.79 Å². The zero-order chi connectivity index (χ0) is 12.3. The van der Waals surface area contributed by atoms with Crippen LogP contribution < -0.4 is 11.1 Å². The fourth-order valence-electron chi connectivity index (χ4n) is 1.12. The van der Waals surface area contributed by atoms with Crippen molar-refractivity contribution in [2.45, 2.75) is 0 Å². The van der Waals surface area contributed by atoms with Gasteiger partial charge in [-0.05, 0) is 28.1 Å². The topological polar surface area (TPSA) is 93.8 Å². The summed E-state index contributed by atoms with van der Waals surface area (Å²) in [4.78, 5) is 23.4. The fraction of sp³-hybridized carbons (Fsp3) is 0. The highest BCUT2D eigenvalue weighted by Gasteiger charge is 2.08. The van der Waals surface area contributed by atoms with E-state index in [0.717, 1.165) is 4.47 Å². The molecule has 1 amide bonds. The largest absolute Gasteiger partial charge is 0.382 e. The molecule has 0 aromatic carbocycles. The van der Waals surface area contributed by atoms with Crippen LogP contribution in [-0.4, -0.2) is 20.9 Å². The first kappa shape index (κ1) is 11.5. The molecular formula is C10H8BrN5O. The van der Waals surface area contributed by atoms with Crippen LogP contribution in [0.4, 0.5) is 11.6 Å². The average Bonchev–Trinajstić information content (AvgIpc) is 2.32. The third-order valence-corrected chi connectivity index (χ3v) is 2.32. The summed E-state index contributed by atoms with van der Waals surface area (Å²) in [6.07, 6.45) is 4.29. The summed E-state index contributed by atoms with van der Waals surface area (Å²) in [5, 5.41) is 2.58. The number of carbonyl (C=O) groups is 1. The molecule has 2 heterocycles. The molecule has 2 aromatic rings. The molecular weight excluding hydrogens is 286 g/mol. The lowest BCUT2D eigenvalue weighted by atomic mass is 10.4. The normalized spacial score (nSPS) is 9.94. The number of amides is 1. The van der Waals surface area contributed by atoms with Crippen molar-refractivity contribution in [3.63, 3.8) is 0 Å². The summed E-state index contributed by atoms with van der Waals surface area (Å²) in [5.41, 5.74) is 5.58. The zero-order valence-corrected chi connectivity index (χ0v) is 10.2. The SMILES string of the molecule is Nc1cncc(C(=O)Nc2ccc(Br)cn2)n1. The summed E-state index contributed by atoms with van der Waals surface area (Å²) in [7, 11) is 0. The van der Waals surface area contributed by atoms with Crippen molar-refractivity contribution in [2.24, 2.45) is 0 Å². The number of carbonyl (C=O) groups excluding carboxylic acids is 1. The number of pyridine rings is 1. The van der Waals surface area contributed by atoms with Gasteiger partial charge in [0.2, 0.25) is 0 Å². The molecule has 17 heavy (non-hydrogen) atoms. The second-order valence-corrected chi connectivity index (χ2v) is 4.06. The van der Waals surface area contributed by atoms with Gasteiger partial charge in [-0.3, -0.25) is 9.78 Å². The molecule has 0 saturated carbocycles. The molecule has 0 unspecified atom stereocenters. The van der Waals surface area contributed by atoms with Crippen LogP contribution in [0.25, 0.3) is 0 Å². The number of nitrogens with two attached hydrogens (primary N) is 1. The third-order valence-electron chi connectivity index (χ3n) is 1.85. The van der Waals surface area contributed by atoms with Gasteiger partial charge in [-0.2, -0.15) is 0 Å². The van der Waals surface area contributed by atoms with Crippen molar-refractivity contribution in [3.05, 3.63) is 40.9 Å². The highest BCUT2D eigenvalue weighted by molar-refractivity contribution is 9.10. The van der Waals surface area contributed by atoms with E-state index in [1.807, 2.05) is 0 Å². The van der Waals surface area contributed by atoms with Crippen molar-refractivity contribution in [1.82, 2.24) is 15.0 Å². The van der Waals surface area contributed by atoms with Crippen molar-refractivity contribution >= 4 is 33.5 Å². The molecule has 6 nitrogen and oxygen atoms in total. The lowest BCUT2D eigenvalue weighted by Gasteiger charge is -2.03. The number of hydrogen-bond acceptors (Lipinski definition) is 5. The molecule has 0 fully saturated rings. The van der Waals surface area contributed by atoms with Gasteiger partial charge in [0, 0.05) is 10.7 Å². The number of aromatic nitrogens is 3. The molecule has 2 rings (SSSR count). The van der Waals surface area contributed by atoms with E-state index in [4.69, 9.17) is 5.73 Å². The van der Waals surface area contributed by atoms with Crippen LogP contribution >= 0.6 is 15.9 Å². The highest BCUT2D eigenvalue weighted by atomic mass is 79.9. The Morgan fingerprint density at radius 2 is 2.12 bits per heavy atom. The van der Waals surface area contributed by atoms with Crippen LogP contribution in [0.5, 0.6) is 0 Å². The average molecular weight is 294 g/mol. The number of hydrogen-bond donors (Lipinski definition) is 2. The van der Waals surface area contributed by atoms with Gasteiger partial charge in [-0.15, -0.1) is 0 Å². The van der Waals surface area contributed by atoms with Crippen LogP contribution in [0.1, 0.15) is 10.5 Å². The van der Waals surface area contributed by atoms with Gasteiger partial charge in [0.05, 0.1) is 12.4 Å². The summed E-state index contributed by atoms with van der Waals surface area (Å²) >= 11 is 3.25. The monoisotopic (exact) mass is 293 g/mol. The number of anilines is 2. The summed E-state index contributed by atoms with van der Waals surface area (Å²) in [6.45, 7) is 0. The van der Waals surface area contributed by atoms with Crippen molar-refractivity contribution in [1.29, 1.82) is 0 Å². The Kier molecular flexibility index (Phi) is 3.29. The van der Waals surface area contributed by atoms with E-state index in [1.165, 1.54) is 12.4 Å². The molecule has 0 aliphatic carbocycles. The zero-order valence-electron chi connectivity index (χ0n) is 8.59. The van der Waals surface area contributed by atoms with E-state index in [-0.39, 0.29) is 11.5 Å². The Bertz CT molecular complexity index is 543. The standard InChI is InChI=1S/C10H8BrN5O/c11-6-1-2-9(14-3-6)16-10(17)7-4-13-5-8(12)15-7/h1-5H,(H2,12,15)(H,14,16,17). The van der Waals surface area contributed by atoms with Gasteiger partial charge in [0.25, 0.3) is 5.91 Å². The van der Waals surface area contributed by atoms with Crippen molar-refractivity contribution in [2.75, 3.05) is 11.1 Å². The fourth-order valence-corrected chi connectivity index (χ4v) is 1.36. The Hall–Kier alpha value is -2.02. The molecule has 0 saturated heterocycles. The molecule has 86 valence electrons. The van der Waals surface area contributed by atoms with Gasteiger partial charge in [-0.25, -0.2) is 9.97 Å². The smallest absolute Gasteiger partial charge is 0.277 e. The van der Waals surface area contributed by atoms with Gasteiger partial charge in [-0.1, -0.05) is 0 Å². The maximum Gasteiger partial charge on any atom is 0.277 e. The first-order valence-electron chi connectivity index (χ1n) is 4.65. The van der Waals surface area contributed by atoms with Crippen LogP contribution in [0.3, 0.4) is 0 Å². The first-order valence-corrected chi connectivity index (χ1v) is 5.45. The minimum absolute atomic E-state index is 0.148. The third kappa shape index (κ3) is 2.97. The predicted octanol–water partition coefficient (Wildman–Crippen LogP) is 1.47. The molecule has 0 aliphatic rings. The number of rotatable bonds is 2. The predicted molar refractivity (Wildman–Crippen MR) is 66.3 cm³/mol. The maximum atomic E-state index is 11.7. The first-order chi connectivity index (χ1) is 8.15. The van der Waals surface area contributed by atoms with Crippen LogP contribution in [0, 0.1) is 0 Å². The second kappa shape index (κ2) is 4.88. The van der Waals surface area contributed by atoms with E-state index in [2.05, 4.69) is 36.2 Å². The molecule has 7 heteroatoms. The van der Waals surface area contributed by atoms with Crippen LogP contribution in [0.2, 0.25) is 0 Å². The van der Waals surface area contributed by atoms with E-state index in [1.54, 1.807) is 18.3 Å². The van der Waals surface area contributed by atoms with E-state index >= 15 is 0 Å². The molecule has 0 radical (unpaired) electrons. The van der Waals surface area contributed by atoms with Gasteiger partial charge < -0.3 is 11.1 Å². The number of halogens is 1. The lowest BCUT2D eigenvalue weighted by Crippen LogP contribution is -2.15. The molecule has 2 aromatic heterocycles. The minimum atomic E-state index is -0.403. The lowest BCUT2D eigenvalue weighted by molar-refractivity contribution is 0.102. The molecule has 3 N–H and O–H groups in total. The van der Waals surface area contributed by atoms with Crippen LogP contribution in [-0.2, 0) is 0 Å². The number of nitrogen functional groups attached to an aromatic ring is 1. The summed E-state index contributed by atoms with van der Waals surface area (Å²) < 4.78 is 0.833. The van der Waals surface area contributed by atoms with E-state index in [9.17, 15) is 4.79 Å². The molecule has 0 spiro atoms. The quantitative estimate of drug-likeness (QED) is 0.874. The van der Waals surface area contributed by atoms with Crippen LogP contribution in [0.15, 0.2) is 35.2 Å². The molecule has 0 bridgehead atoms. The highest BCUT2D eigenvalue weighted by Crippen LogP contribution is 2.11. The second-order valence-electron chi connectivity index (χ2n) is 3.14.